The normalized spacial score (nSPS) is 16.8. The van der Waals surface area contributed by atoms with E-state index < -0.39 is 12.1 Å². The first-order valence-electron chi connectivity index (χ1n) is 8.53. The molecule has 0 spiro atoms. The minimum atomic E-state index is -0.762. The Morgan fingerprint density at radius 3 is 2.65 bits per heavy atom. The average Bonchev–Trinajstić information content (AvgIpc) is 2.80. The number of hydrogen-bond donors (Lipinski definition) is 0. The molecule has 1 aliphatic rings. The van der Waals surface area contributed by atoms with Crippen molar-refractivity contribution in [1.82, 2.24) is 14.7 Å². The molecule has 1 heterocycles. The summed E-state index contributed by atoms with van der Waals surface area (Å²) in [6.45, 7) is 6.90. The number of carbonyl (C=O) groups is 3. The molecular formula is C19H25N3O4. The molecule has 1 saturated heterocycles. The van der Waals surface area contributed by atoms with Crippen LogP contribution in [0.4, 0.5) is 4.79 Å². The van der Waals surface area contributed by atoms with Crippen LogP contribution in [-0.2, 0) is 16.1 Å². The summed E-state index contributed by atoms with van der Waals surface area (Å²) in [6, 6.07) is 6.38. The molecule has 7 nitrogen and oxygen atoms in total. The Morgan fingerprint density at radius 1 is 1.35 bits per heavy atom. The SMILES string of the molecule is C=CCN(Cc1cccc(OCC)c1)C(=O)C[C@@H]1C(=O)N(C)C(=O)N1C. The van der Waals surface area contributed by atoms with Gasteiger partial charge in [-0.2, -0.15) is 0 Å². The average molecular weight is 359 g/mol. The van der Waals surface area contributed by atoms with E-state index in [0.717, 1.165) is 16.2 Å². The Labute approximate surface area is 153 Å². The summed E-state index contributed by atoms with van der Waals surface area (Å²) in [7, 11) is 2.96. The van der Waals surface area contributed by atoms with E-state index in [1.165, 1.54) is 19.0 Å². The van der Waals surface area contributed by atoms with Crippen LogP contribution in [-0.4, -0.2) is 65.8 Å². The smallest absolute Gasteiger partial charge is 0.326 e. The van der Waals surface area contributed by atoms with Crippen LogP contribution < -0.4 is 4.74 Å². The fraction of sp³-hybridized carbons (Fsp3) is 0.421. The lowest BCUT2D eigenvalue weighted by molar-refractivity contribution is -0.136. The zero-order chi connectivity index (χ0) is 19.3. The third kappa shape index (κ3) is 4.22. The van der Waals surface area contributed by atoms with Gasteiger partial charge in [0.2, 0.25) is 5.91 Å². The van der Waals surface area contributed by atoms with E-state index in [9.17, 15) is 14.4 Å². The highest BCUT2D eigenvalue weighted by molar-refractivity contribution is 6.05. The van der Waals surface area contributed by atoms with E-state index in [2.05, 4.69) is 6.58 Å². The molecule has 0 aromatic heterocycles. The van der Waals surface area contributed by atoms with Gasteiger partial charge in [-0.05, 0) is 24.6 Å². The van der Waals surface area contributed by atoms with E-state index in [-0.39, 0.29) is 18.2 Å². The van der Waals surface area contributed by atoms with E-state index in [1.807, 2.05) is 31.2 Å². The molecule has 0 unspecified atom stereocenters. The fourth-order valence-electron chi connectivity index (χ4n) is 2.90. The number of nitrogens with zero attached hydrogens (tertiary/aromatic N) is 3. The summed E-state index contributed by atoms with van der Waals surface area (Å²) < 4.78 is 5.49. The van der Waals surface area contributed by atoms with Crippen LogP contribution in [0.15, 0.2) is 36.9 Å². The first kappa shape index (κ1) is 19.5. The minimum absolute atomic E-state index is 0.0512. The number of urea groups is 1. The van der Waals surface area contributed by atoms with Crippen molar-refractivity contribution in [2.24, 2.45) is 0 Å². The topological polar surface area (TPSA) is 70.2 Å². The van der Waals surface area contributed by atoms with Crippen molar-refractivity contribution < 1.29 is 19.1 Å². The van der Waals surface area contributed by atoms with Crippen LogP contribution in [0.25, 0.3) is 0 Å². The quantitative estimate of drug-likeness (QED) is 0.525. The van der Waals surface area contributed by atoms with Gasteiger partial charge >= 0.3 is 6.03 Å². The molecule has 2 rings (SSSR count). The first-order valence-corrected chi connectivity index (χ1v) is 8.53. The molecule has 1 aliphatic heterocycles. The number of carbonyl (C=O) groups excluding carboxylic acids is 3. The molecule has 1 atom stereocenters. The summed E-state index contributed by atoms with van der Waals surface area (Å²) in [4.78, 5) is 40.8. The maximum absolute atomic E-state index is 12.7. The lowest BCUT2D eigenvalue weighted by atomic mass is 10.1. The first-order chi connectivity index (χ1) is 12.4. The van der Waals surface area contributed by atoms with Crippen molar-refractivity contribution in [3.8, 4) is 5.75 Å². The second-order valence-corrected chi connectivity index (χ2v) is 6.15. The number of rotatable bonds is 8. The lowest BCUT2D eigenvalue weighted by Gasteiger charge is -2.24. The van der Waals surface area contributed by atoms with Crippen molar-refractivity contribution in [1.29, 1.82) is 0 Å². The highest BCUT2D eigenvalue weighted by atomic mass is 16.5. The Kier molecular flexibility index (Phi) is 6.38. The zero-order valence-corrected chi connectivity index (χ0v) is 15.5. The molecule has 4 amide bonds. The van der Waals surface area contributed by atoms with Gasteiger partial charge in [-0.1, -0.05) is 18.2 Å². The third-order valence-corrected chi connectivity index (χ3v) is 4.32. The van der Waals surface area contributed by atoms with Crippen LogP contribution in [0.2, 0.25) is 0 Å². The number of imide groups is 1. The van der Waals surface area contributed by atoms with Crippen LogP contribution in [0, 0.1) is 0 Å². The van der Waals surface area contributed by atoms with Crippen molar-refractivity contribution in [2.75, 3.05) is 27.2 Å². The molecule has 1 aromatic rings. The van der Waals surface area contributed by atoms with Gasteiger partial charge in [0.05, 0.1) is 13.0 Å². The molecule has 1 fully saturated rings. The summed E-state index contributed by atoms with van der Waals surface area (Å²) in [5, 5.41) is 0. The van der Waals surface area contributed by atoms with Gasteiger partial charge in [0.25, 0.3) is 5.91 Å². The molecule has 140 valence electrons. The van der Waals surface area contributed by atoms with Gasteiger partial charge < -0.3 is 14.5 Å². The zero-order valence-electron chi connectivity index (χ0n) is 15.5. The van der Waals surface area contributed by atoms with Crippen LogP contribution in [0.3, 0.4) is 0 Å². The molecule has 7 heteroatoms. The molecule has 0 N–H and O–H groups in total. The van der Waals surface area contributed by atoms with Crippen LogP contribution in [0.1, 0.15) is 18.9 Å². The Hall–Kier alpha value is -2.83. The molecule has 0 saturated carbocycles. The maximum Gasteiger partial charge on any atom is 0.326 e. The molecule has 1 aromatic carbocycles. The predicted molar refractivity (Wildman–Crippen MR) is 97.6 cm³/mol. The fourth-order valence-corrected chi connectivity index (χ4v) is 2.90. The monoisotopic (exact) mass is 359 g/mol. The number of ether oxygens (including phenoxy) is 1. The van der Waals surface area contributed by atoms with E-state index in [1.54, 1.807) is 11.0 Å². The maximum atomic E-state index is 12.7. The van der Waals surface area contributed by atoms with E-state index in [4.69, 9.17) is 4.74 Å². The Morgan fingerprint density at radius 2 is 2.08 bits per heavy atom. The highest BCUT2D eigenvalue weighted by Crippen LogP contribution is 2.19. The van der Waals surface area contributed by atoms with Gasteiger partial charge in [-0.3, -0.25) is 14.5 Å². The van der Waals surface area contributed by atoms with Gasteiger partial charge in [0.15, 0.2) is 0 Å². The molecule has 26 heavy (non-hydrogen) atoms. The van der Waals surface area contributed by atoms with E-state index >= 15 is 0 Å². The van der Waals surface area contributed by atoms with E-state index in [0.29, 0.717) is 19.7 Å². The van der Waals surface area contributed by atoms with Crippen LogP contribution >= 0.6 is 0 Å². The summed E-state index contributed by atoms with van der Waals surface area (Å²) >= 11 is 0. The van der Waals surface area contributed by atoms with Crippen molar-refractivity contribution >= 4 is 17.8 Å². The molecule has 0 aliphatic carbocycles. The number of hydrogen-bond acceptors (Lipinski definition) is 4. The largest absolute Gasteiger partial charge is 0.494 e. The number of amides is 4. The van der Waals surface area contributed by atoms with Gasteiger partial charge in [-0.25, -0.2) is 4.79 Å². The van der Waals surface area contributed by atoms with Crippen molar-refractivity contribution in [3.05, 3.63) is 42.5 Å². The lowest BCUT2D eigenvalue weighted by Crippen LogP contribution is -2.39. The summed E-state index contributed by atoms with van der Waals surface area (Å²) in [5.74, 6) is 0.177. The Bertz CT molecular complexity index is 704. The molecule has 0 radical (unpaired) electrons. The standard InChI is InChI=1S/C19H25N3O4/c1-5-10-22(13-14-8-7-9-15(11-14)26-6-2)17(23)12-16-18(24)21(4)19(25)20(16)3/h5,7-9,11,16H,1,6,10,12-13H2,2-4H3/t16-/m1/s1. The molecule has 0 bridgehead atoms. The summed E-state index contributed by atoms with van der Waals surface area (Å²) in [6.07, 6.45) is 1.59. The van der Waals surface area contributed by atoms with Crippen molar-refractivity contribution in [3.63, 3.8) is 0 Å². The number of benzene rings is 1. The minimum Gasteiger partial charge on any atom is -0.494 e. The summed E-state index contributed by atoms with van der Waals surface area (Å²) in [5.41, 5.74) is 0.922. The van der Waals surface area contributed by atoms with Crippen molar-refractivity contribution in [2.45, 2.75) is 25.9 Å². The molecular weight excluding hydrogens is 334 g/mol. The third-order valence-electron chi connectivity index (χ3n) is 4.32. The second-order valence-electron chi connectivity index (χ2n) is 6.15. The predicted octanol–water partition coefficient (Wildman–Crippen LogP) is 1.88. The highest BCUT2D eigenvalue weighted by Gasteiger charge is 2.42. The van der Waals surface area contributed by atoms with Crippen LogP contribution in [0.5, 0.6) is 5.75 Å². The van der Waals surface area contributed by atoms with Gasteiger partial charge in [0.1, 0.15) is 11.8 Å². The Balaban J connectivity index is 2.10. The van der Waals surface area contributed by atoms with Gasteiger partial charge in [-0.15, -0.1) is 6.58 Å². The van der Waals surface area contributed by atoms with Gasteiger partial charge in [0, 0.05) is 27.2 Å². The number of likely N-dealkylation sites (N-methyl/N-ethyl adjacent to an activating group) is 2. The second kappa shape index (κ2) is 8.51.